The van der Waals surface area contributed by atoms with Gasteiger partial charge in [-0.25, -0.2) is 9.18 Å². The molecular weight excluding hydrogens is 431 g/mol. The van der Waals surface area contributed by atoms with E-state index < -0.39 is 23.1 Å². The normalized spacial score (nSPS) is 15.2. The van der Waals surface area contributed by atoms with E-state index in [9.17, 15) is 23.6 Å². The molecule has 1 saturated heterocycles. The summed E-state index contributed by atoms with van der Waals surface area (Å²) in [6.45, 7) is 1.67. The molecule has 1 fully saturated rings. The fourth-order valence-electron chi connectivity index (χ4n) is 4.08. The zero-order chi connectivity index (χ0) is 23.5. The van der Waals surface area contributed by atoms with Crippen molar-refractivity contribution in [1.82, 2.24) is 14.5 Å². The number of rotatable bonds is 7. The minimum atomic E-state index is -1.10. The van der Waals surface area contributed by atoms with Crippen LogP contribution in [-0.2, 0) is 14.3 Å². The molecule has 1 N–H and O–H groups in total. The first-order valence-corrected chi connectivity index (χ1v) is 10.4. The molecule has 1 atom stereocenters. The maximum atomic E-state index is 14.7. The fraction of sp³-hybridized carbons (Fsp3) is 0.304. The molecule has 10 heteroatoms. The molecule has 0 saturated carbocycles. The molecule has 0 radical (unpaired) electrons. The van der Waals surface area contributed by atoms with Crippen molar-refractivity contribution in [3.63, 3.8) is 0 Å². The van der Waals surface area contributed by atoms with Gasteiger partial charge in [0.05, 0.1) is 29.7 Å². The van der Waals surface area contributed by atoms with Crippen LogP contribution in [0.3, 0.4) is 0 Å². The Kier molecular flexibility index (Phi) is 6.36. The molecule has 3 aromatic rings. The first-order chi connectivity index (χ1) is 15.9. The maximum absolute atomic E-state index is 14.7. The third-order valence-corrected chi connectivity index (χ3v) is 5.79. The van der Waals surface area contributed by atoms with Gasteiger partial charge in [0.15, 0.2) is 0 Å². The number of ether oxygens (including phenoxy) is 1. The summed E-state index contributed by atoms with van der Waals surface area (Å²) < 4.78 is 20.9. The summed E-state index contributed by atoms with van der Waals surface area (Å²) >= 11 is 0. The number of amides is 1. The summed E-state index contributed by atoms with van der Waals surface area (Å²) in [4.78, 5) is 54.9. The molecule has 0 bridgehead atoms. The van der Waals surface area contributed by atoms with E-state index in [-0.39, 0.29) is 29.0 Å². The first kappa shape index (κ1) is 22.4. The van der Waals surface area contributed by atoms with E-state index in [0.29, 0.717) is 38.1 Å². The summed E-state index contributed by atoms with van der Waals surface area (Å²) in [5.74, 6) is -0.696. The van der Waals surface area contributed by atoms with Crippen molar-refractivity contribution in [3.8, 4) is 0 Å². The number of methoxy groups -OCH3 is 1. The second-order valence-corrected chi connectivity index (χ2v) is 7.73. The van der Waals surface area contributed by atoms with Crippen LogP contribution < -0.4 is 16.1 Å². The number of halogens is 1. The molecule has 0 aliphatic carbocycles. The van der Waals surface area contributed by atoms with E-state index in [1.165, 1.54) is 22.8 Å². The zero-order valence-electron chi connectivity index (χ0n) is 18.0. The van der Waals surface area contributed by atoms with Crippen LogP contribution in [0.5, 0.6) is 0 Å². The van der Waals surface area contributed by atoms with Crippen LogP contribution in [0.4, 0.5) is 10.1 Å². The Balaban J connectivity index is 1.72. The Morgan fingerprint density at radius 2 is 1.94 bits per heavy atom. The highest BCUT2D eigenvalue weighted by Gasteiger charge is 2.27. The van der Waals surface area contributed by atoms with E-state index in [4.69, 9.17) is 4.74 Å². The van der Waals surface area contributed by atoms with Crippen molar-refractivity contribution < 1.29 is 18.7 Å². The molecule has 1 amide bonds. The molecular formula is C23H23FN4O5. The highest BCUT2D eigenvalue weighted by atomic mass is 19.1. The lowest BCUT2D eigenvalue weighted by Crippen LogP contribution is -2.51. The first-order valence-electron chi connectivity index (χ1n) is 10.4. The highest BCUT2D eigenvalue weighted by molar-refractivity contribution is 5.83. The number of H-pyrrole nitrogens is 1. The SMILES string of the molecule is COCCN1CCN(c2cc(C(C=O)n3c(=O)[nH]c(=O)c4ccccc43)ccc2F)CC1=O. The summed E-state index contributed by atoms with van der Waals surface area (Å²) in [5, 5.41) is 0.254. The number of para-hydroxylation sites is 1. The lowest BCUT2D eigenvalue weighted by molar-refractivity contribution is -0.131. The molecule has 172 valence electrons. The third-order valence-electron chi connectivity index (χ3n) is 5.79. The second-order valence-electron chi connectivity index (χ2n) is 7.73. The van der Waals surface area contributed by atoms with Crippen LogP contribution in [0, 0.1) is 5.82 Å². The van der Waals surface area contributed by atoms with Crippen molar-refractivity contribution in [1.29, 1.82) is 0 Å². The number of aromatic amines is 1. The van der Waals surface area contributed by atoms with E-state index in [1.807, 2.05) is 0 Å². The van der Waals surface area contributed by atoms with E-state index in [0.717, 1.165) is 0 Å². The minimum absolute atomic E-state index is 0.0165. The van der Waals surface area contributed by atoms with Gasteiger partial charge in [-0.05, 0) is 29.8 Å². The van der Waals surface area contributed by atoms with Gasteiger partial charge in [0, 0.05) is 26.7 Å². The van der Waals surface area contributed by atoms with Crippen LogP contribution in [0.15, 0.2) is 52.1 Å². The molecule has 1 aliphatic rings. The van der Waals surface area contributed by atoms with Crippen molar-refractivity contribution in [2.75, 3.05) is 44.8 Å². The number of fused-ring (bicyclic) bond motifs is 1. The molecule has 1 aliphatic heterocycles. The number of nitrogens with zero attached hydrogens (tertiary/aromatic N) is 3. The molecule has 1 unspecified atom stereocenters. The number of nitrogens with one attached hydrogen (secondary N) is 1. The lowest BCUT2D eigenvalue weighted by Gasteiger charge is -2.36. The highest BCUT2D eigenvalue weighted by Crippen LogP contribution is 2.27. The van der Waals surface area contributed by atoms with Crippen LogP contribution >= 0.6 is 0 Å². The Morgan fingerprint density at radius 3 is 2.67 bits per heavy atom. The Bertz CT molecular complexity index is 1320. The standard InChI is InChI=1S/C23H23FN4O5/c1-33-11-10-26-8-9-27(13-21(26)30)19-12-15(6-7-17(19)24)20(14-29)28-18-5-3-2-4-16(18)22(31)25-23(28)32/h2-7,12,14,20H,8-11,13H2,1H3,(H,25,31,32). The maximum Gasteiger partial charge on any atom is 0.329 e. The monoisotopic (exact) mass is 454 g/mol. The number of anilines is 1. The molecule has 2 aromatic carbocycles. The Labute approximate surface area is 188 Å². The third kappa shape index (κ3) is 4.29. The van der Waals surface area contributed by atoms with Crippen LogP contribution in [0.25, 0.3) is 10.9 Å². The van der Waals surface area contributed by atoms with Crippen molar-refractivity contribution in [3.05, 3.63) is 74.7 Å². The molecule has 2 heterocycles. The predicted octanol–water partition coefficient (Wildman–Crippen LogP) is 0.912. The largest absolute Gasteiger partial charge is 0.383 e. The van der Waals surface area contributed by atoms with Crippen LogP contribution in [-0.4, -0.2) is 66.5 Å². The molecule has 33 heavy (non-hydrogen) atoms. The number of carbonyl (C=O) groups is 2. The quantitative estimate of drug-likeness (QED) is 0.533. The number of benzene rings is 2. The van der Waals surface area contributed by atoms with Gasteiger partial charge in [-0.2, -0.15) is 0 Å². The fourth-order valence-corrected chi connectivity index (χ4v) is 4.08. The minimum Gasteiger partial charge on any atom is -0.383 e. The van der Waals surface area contributed by atoms with Gasteiger partial charge in [-0.15, -0.1) is 0 Å². The van der Waals surface area contributed by atoms with Gasteiger partial charge in [-0.1, -0.05) is 18.2 Å². The van der Waals surface area contributed by atoms with Gasteiger partial charge in [0.25, 0.3) is 5.56 Å². The number of aromatic nitrogens is 2. The average molecular weight is 454 g/mol. The molecule has 9 nitrogen and oxygen atoms in total. The topological polar surface area (TPSA) is 105 Å². The smallest absolute Gasteiger partial charge is 0.329 e. The Hall–Kier alpha value is -3.79. The van der Waals surface area contributed by atoms with E-state index in [1.54, 1.807) is 41.2 Å². The Morgan fingerprint density at radius 1 is 1.15 bits per heavy atom. The number of carbonyl (C=O) groups excluding carboxylic acids is 2. The number of hydrogen-bond donors (Lipinski definition) is 1. The van der Waals surface area contributed by atoms with Crippen LogP contribution in [0.2, 0.25) is 0 Å². The predicted molar refractivity (Wildman–Crippen MR) is 120 cm³/mol. The van der Waals surface area contributed by atoms with E-state index >= 15 is 0 Å². The molecule has 1 aromatic heterocycles. The number of piperazine rings is 1. The summed E-state index contributed by atoms with van der Waals surface area (Å²) in [6, 6.07) is 9.44. The number of aldehydes is 1. The van der Waals surface area contributed by atoms with Gasteiger partial charge in [0.2, 0.25) is 5.91 Å². The molecule has 0 spiro atoms. The van der Waals surface area contributed by atoms with Gasteiger partial charge < -0.3 is 19.3 Å². The lowest BCUT2D eigenvalue weighted by atomic mass is 10.0. The van der Waals surface area contributed by atoms with Crippen molar-refractivity contribution in [2.24, 2.45) is 0 Å². The van der Waals surface area contributed by atoms with Crippen molar-refractivity contribution >= 4 is 28.8 Å². The van der Waals surface area contributed by atoms with Crippen LogP contribution in [0.1, 0.15) is 11.6 Å². The average Bonchev–Trinajstić information content (AvgIpc) is 2.81. The van der Waals surface area contributed by atoms with Gasteiger partial charge >= 0.3 is 5.69 Å². The van der Waals surface area contributed by atoms with Gasteiger partial charge in [0.1, 0.15) is 18.1 Å². The summed E-state index contributed by atoms with van der Waals surface area (Å²) in [6.07, 6.45) is 0.566. The summed E-state index contributed by atoms with van der Waals surface area (Å²) in [5.41, 5.74) is -0.489. The van der Waals surface area contributed by atoms with Crippen molar-refractivity contribution in [2.45, 2.75) is 6.04 Å². The zero-order valence-corrected chi connectivity index (χ0v) is 18.0. The number of hydrogen-bond acceptors (Lipinski definition) is 6. The molecule has 4 rings (SSSR count). The van der Waals surface area contributed by atoms with Gasteiger partial charge in [-0.3, -0.25) is 19.1 Å². The second kappa shape index (κ2) is 9.37. The summed E-state index contributed by atoms with van der Waals surface area (Å²) in [7, 11) is 1.56. The van der Waals surface area contributed by atoms with E-state index in [2.05, 4.69) is 4.98 Å².